The molecule has 0 aromatic carbocycles. The molecule has 3 atom stereocenters. The fourth-order valence-electron chi connectivity index (χ4n) is 2.89. The van der Waals surface area contributed by atoms with Gasteiger partial charge in [0, 0.05) is 32.3 Å². The van der Waals surface area contributed by atoms with E-state index in [-0.39, 0.29) is 12.1 Å². The van der Waals surface area contributed by atoms with Gasteiger partial charge in [0.25, 0.3) is 0 Å². The van der Waals surface area contributed by atoms with Crippen molar-refractivity contribution in [3.05, 3.63) is 0 Å². The first-order valence-corrected chi connectivity index (χ1v) is 5.99. The van der Waals surface area contributed by atoms with Crippen molar-refractivity contribution in [3.63, 3.8) is 0 Å². The molecule has 16 heavy (non-hydrogen) atoms. The lowest BCUT2D eigenvalue weighted by molar-refractivity contribution is 0.174. The molecule has 2 fully saturated rings. The topological polar surface area (TPSA) is 67.6 Å². The number of carbonyl (C=O) groups is 1. The summed E-state index contributed by atoms with van der Waals surface area (Å²) in [5.74, 6) is 0.613. The second kappa shape index (κ2) is 5.01. The van der Waals surface area contributed by atoms with Crippen molar-refractivity contribution < 1.29 is 9.53 Å². The molecule has 2 amide bonds. The molecule has 1 heterocycles. The summed E-state index contributed by atoms with van der Waals surface area (Å²) in [4.78, 5) is 13.8. The van der Waals surface area contributed by atoms with Gasteiger partial charge < -0.3 is 20.7 Å². The number of urea groups is 1. The van der Waals surface area contributed by atoms with Crippen LogP contribution in [-0.2, 0) is 4.74 Å². The molecule has 2 bridgehead atoms. The van der Waals surface area contributed by atoms with Crippen molar-refractivity contribution >= 4 is 6.03 Å². The summed E-state index contributed by atoms with van der Waals surface area (Å²) < 4.78 is 4.91. The van der Waals surface area contributed by atoms with Crippen LogP contribution in [0.25, 0.3) is 0 Å². The molecule has 2 rings (SSSR count). The van der Waals surface area contributed by atoms with Crippen LogP contribution in [0.1, 0.15) is 19.3 Å². The number of nitrogens with two attached hydrogens (primary N) is 1. The van der Waals surface area contributed by atoms with Crippen LogP contribution in [0.2, 0.25) is 0 Å². The quantitative estimate of drug-likeness (QED) is 0.675. The molecule has 5 nitrogen and oxygen atoms in total. The number of amides is 2. The number of hydrogen-bond donors (Lipinski definition) is 2. The van der Waals surface area contributed by atoms with Crippen LogP contribution in [0.5, 0.6) is 0 Å². The monoisotopic (exact) mass is 227 g/mol. The summed E-state index contributed by atoms with van der Waals surface area (Å²) in [6, 6.07) is 0.676. The highest BCUT2D eigenvalue weighted by molar-refractivity contribution is 5.75. The van der Waals surface area contributed by atoms with Crippen LogP contribution in [0.3, 0.4) is 0 Å². The maximum absolute atomic E-state index is 11.9. The first-order chi connectivity index (χ1) is 7.70. The Balaban J connectivity index is 1.83. The van der Waals surface area contributed by atoms with E-state index in [4.69, 9.17) is 10.5 Å². The number of hydrogen-bond acceptors (Lipinski definition) is 3. The van der Waals surface area contributed by atoms with E-state index < -0.39 is 0 Å². The number of methoxy groups -OCH3 is 1. The van der Waals surface area contributed by atoms with Gasteiger partial charge in [-0.25, -0.2) is 4.79 Å². The number of carbonyl (C=O) groups excluding carboxylic acids is 1. The molecule has 3 N–H and O–H groups in total. The summed E-state index contributed by atoms with van der Waals surface area (Å²) in [5, 5.41) is 2.87. The van der Waals surface area contributed by atoms with Gasteiger partial charge >= 0.3 is 6.03 Å². The fraction of sp³-hybridized carbons (Fsp3) is 0.909. The zero-order valence-corrected chi connectivity index (χ0v) is 9.82. The number of rotatable bonds is 3. The molecular formula is C11H21N3O2. The van der Waals surface area contributed by atoms with E-state index in [2.05, 4.69) is 5.32 Å². The van der Waals surface area contributed by atoms with Crippen molar-refractivity contribution in [2.45, 2.75) is 31.3 Å². The molecule has 0 radical (unpaired) electrons. The summed E-state index contributed by atoms with van der Waals surface area (Å²) in [7, 11) is 1.63. The Hall–Kier alpha value is -0.810. The Morgan fingerprint density at radius 3 is 3.06 bits per heavy atom. The van der Waals surface area contributed by atoms with Gasteiger partial charge in [0.1, 0.15) is 0 Å². The average molecular weight is 227 g/mol. The largest absolute Gasteiger partial charge is 0.383 e. The molecule has 0 spiro atoms. The lowest BCUT2D eigenvalue weighted by atomic mass is 9.87. The van der Waals surface area contributed by atoms with E-state index in [1.807, 2.05) is 4.90 Å². The van der Waals surface area contributed by atoms with E-state index in [1.54, 1.807) is 7.11 Å². The van der Waals surface area contributed by atoms with Crippen molar-refractivity contribution in [2.24, 2.45) is 11.7 Å². The van der Waals surface area contributed by atoms with Crippen molar-refractivity contribution in [3.8, 4) is 0 Å². The summed E-state index contributed by atoms with van der Waals surface area (Å²) >= 11 is 0. The van der Waals surface area contributed by atoms with E-state index in [9.17, 15) is 4.79 Å². The fourth-order valence-corrected chi connectivity index (χ4v) is 2.89. The van der Waals surface area contributed by atoms with Gasteiger partial charge in [-0.3, -0.25) is 0 Å². The molecule has 92 valence electrons. The van der Waals surface area contributed by atoms with Gasteiger partial charge in [-0.2, -0.15) is 0 Å². The second-order valence-electron chi connectivity index (χ2n) is 4.86. The van der Waals surface area contributed by atoms with Crippen LogP contribution in [-0.4, -0.2) is 49.8 Å². The highest BCUT2D eigenvalue weighted by atomic mass is 16.5. The highest BCUT2D eigenvalue weighted by Crippen LogP contribution is 2.34. The minimum Gasteiger partial charge on any atom is -0.383 e. The molecule has 2 aliphatic rings. The van der Waals surface area contributed by atoms with Crippen LogP contribution in [0, 0.1) is 5.92 Å². The summed E-state index contributed by atoms with van der Waals surface area (Å²) in [6.45, 7) is 2.01. The molecule has 1 saturated carbocycles. The Morgan fingerprint density at radius 1 is 1.50 bits per heavy atom. The second-order valence-corrected chi connectivity index (χ2v) is 4.86. The highest BCUT2D eigenvalue weighted by Gasteiger charge is 2.40. The van der Waals surface area contributed by atoms with Gasteiger partial charge in [0.05, 0.1) is 6.61 Å². The summed E-state index contributed by atoms with van der Waals surface area (Å²) in [5.41, 5.74) is 5.96. The number of nitrogens with one attached hydrogen (secondary N) is 1. The van der Waals surface area contributed by atoms with Gasteiger partial charge in [-0.05, 0) is 25.2 Å². The minimum atomic E-state index is 0.0404. The van der Waals surface area contributed by atoms with Crippen molar-refractivity contribution in [2.75, 3.05) is 26.8 Å². The summed E-state index contributed by atoms with van der Waals surface area (Å²) in [6.07, 6.45) is 3.15. The molecule has 1 aliphatic heterocycles. The zero-order chi connectivity index (χ0) is 11.5. The maximum atomic E-state index is 11.9. The predicted molar refractivity (Wildman–Crippen MR) is 61.1 cm³/mol. The average Bonchev–Trinajstić information content (AvgIpc) is 2.54. The van der Waals surface area contributed by atoms with Gasteiger partial charge in [0.2, 0.25) is 0 Å². The molecular weight excluding hydrogens is 206 g/mol. The molecule has 0 aromatic heterocycles. The van der Waals surface area contributed by atoms with Crippen molar-refractivity contribution in [1.29, 1.82) is 0 Å². The molecule has 5 heteroatoms. The molecule has 0 aromatic rings. The van der Waals surface area contributed by atoms with Crippen LogP contribution in [0.4, 0.5) is 4.79 Å². The third kappa shape index (κ3) is 2.47. The number of ether oxygens (including phenoxy) is 1. The maximum Gasteiger partial charge on any atom is 0.317 e. The standard InChI is InChI=1S/C11H21N3O2/c1-16-3-2-13-11(15)14-7-8-4-9(12)6-10(14)5-8/h8-10H,2-7,12H2,1H3,(H,13,15). The number of likely N-dealkylation sites (tertiary alicyclic amines) is 1. The molecule has 3 unspecified atom stereocenters. The predicted octanol–water partition coefficient (Wildman–Crippen LogP) is 0.154. The first-order valence-electron chi connectivity index (χ1n) is 5.99. The van der Waals surface area contributed by atoms with Crippen LogP contribution >= 0.6 is 0 Å². The van der Waals surface area contributed by atoms with Gasteiger partial charge in [0.15, 0.2) is 0 Å². The van der Waals surface area contributed by atoms with Gasteiger partial charge in [-0.1, -0.05) is 0 Å². The Labute approximate surface area is 96.3 Å². The van der Waals surface area contributed by atoms with E-state index in [1.165, 1.54) is 0 Å². The van der Waals surface area contributed by atoms with Gasteiger partial charge in [-0.15, -0.1) is 0 Å². The third-order valence-electron chi connectivity index (χ3n) is 3.56. The van der Waals surface area contributed by atoms with E-state index >= 15 is 0 Å². The Kier molecular flexibility index (Phi) is 3.66. The normalized spacial score (nSPS) is 32.9. The lowest BCUT2D eigenvalue weighted by Gasteiger charge is -2.27. The Bertz CT molecular complexity index is 260. The van der Waals surface area contributed by atoms with E-state index in [0.717, 1.165) is 25.8 Å². The molecule has 1 saturated heterocycles. The number of fused-ring (bicyclic) bond motifs is 2. The Morgan fingerprint density at radius 2 is 2.31 bits per heavy atom. The third-order valence-corrected chi connectivity index (χ3v) is 3.56. The van der Waals surface area contributed by atoms with Crippen LogP contribution in [0.15, 0.2) is 0 Å². The zero-order valence-electron chi connectivity index (χ0n) is 9.82. The minimum absolute atomic E-state index is 0.0404. The SMILES string of the molecule is COCCNC(=O)N1CC2CC(N)CC1C2. The smallest absolute Gasteiger partial charge is 0.317 e. The lowest BCUT2D eigenvalue weighted by Crippen LogP contribution is -2.44. The van der Waals surface area contributed by atoms with E-state index in [0.29, 0.717) is 25.1 Å². The number of nitrogens with zero attached hydrogens (tertiary/aromatic N) is 1. The van der Waals surface area contributed by atoms with Crippen LogP contribution < -0.4 is 11.1 Å². The van der Waals surface area contributed by atoms with Crippen molar-refractivity contribution in [1.82, 2.24) is 10.2 Å². The first kappa shape index (κ1) is 11.7. The molecule has 1 aliphatic carbocycles.